The highest BCUT2D eigenvalue weighted by atomic mass is 16.3. The molecule has 4 aromatic rings. The minimum Gasteiger partial charge on any atom is -0.394 e. The lowest BCUT2D eigenvalue weighted by atomic mass is 10.0. The van der Waals surface area contributed by atoms with Crippen molar-refractivity contribution >= 4 is 16.9 Å². The molecule has 0 saturated carbocycles. The van der Waals surface area contributed by atoms with Gasteiger partial charge in [0, 0.05) is 46.5 Å². The molecule has 1 aliphatic rings. The van der Waals surface area contributed by atoms with Crippen LogP contribution in [-0.4, -0.2) is 47.6 Å². The van der Waals surface area contributed by atoms with Crippen molar-refractivity contribution < 1.29 is 5.11 Å². The number of nitrogens with zero attached hydrogens (tertiary/aromatic N) is 5. The van der Waals surface area contributed by atoms with Gasteiger partial charge in [0.05, 0.1) is 37.1 Å². The standard InChI is InChI=1S/C24H28N6O2/c1-15(2)30-23-27-21(10-22(32)29(23)14-24(30,3)4)19-12-25-20-6-5-16(9-18(19)20)17-11-26-28(13-17)7-8-31/h5-6,9-13,15,25,31H,7-8,14H2,1-4H3. The Kier molecular flexibility index (Phi) is 4.70. The molecule has 32 heavy (non-hydrogen) atoms. The van der Waals surface area contributed by atoms with Gasteiger partial charge in [-0.2, -0.15) is 5.10 Å². The summed E-state index contributed by atoms with van der Waals surface area (Å²) in [5.41, 5.74) is 4.34. The third kappa shape index (κ3) is 3.22. The number of H-pyrrole nitrogens is 1. The zero-order chi connectivity index (χ0) is 22.6. The summed E-state index contributed by atoms with van der Waals surface area (Å²) in [5.74, 6) is 0.725. The van der Waals surface area contributed by atoms with Crippen molar-refractivity contribution in [3.05, 3.63) is 53.2 Å². The second kappa shape index (κ2) is 7.34. The molecule has 5 rings (SSSR count). The fraction of sp³-hybridized carbons (Fsp3) is 0.375. The van der Waals surface area contributed by atoms with Crippen LogP contribution in [0.3, 0.4) is 0 Å². The number of hydrogen-bond donors (Lipinski definition) is 2. The van der Waals surface area contributed by atoms with Crippen molar-refractivity contribution in [1.29, 1.82) is 0 Å². The lowest BCUT2D eigenvalue weighted by molar-refractivity contribution is 0.269. The number of aliphatic hydroxyl groups is 1. The van der Waals surface area contributed by atoms with E-state index in [4.69, 9.17) is 10.1 Å². The van der Waals surface area contributed by atoms with Crippen LogP contribution in [0.5, 0.6) is 0 Å². The number of aliphatic hydroxyl groups excluding tert-OH is 1. The van der Waals surface area contributed by atoms with Crippen LogP contribution in [0.1, 0.15) is 27.7 Å². The van der Waals surface area contributed by atoms with Crippen molar-refractivity contribution in [1.82, 2.24) is 24.3 Å². The van der Waals surface area contributed by atoms with E-state index in [-0.39, 0.29) is 23.7 Å². The predicted molar refractivity (Wildman–Crippen MR) is 126 cm³/mol. The summed E-state index contributed by atoms with van der Waals surface area (Å²) in [5, 5.41) is 14.5. The molecule has 2 N–H and O–H groups in total. The number of nitrogens with one attached hydrogen (secondary N) is 1. The fourth-order valence-corrected chi connectivity index (χ4v) is 4.88. The molecule has 0 amide bonds. The first-order chi connectivity index (χ1) is 15.3. The van der Waals surface area contributed by atoms with Gasteiger partial charge in [-0.05, 0) is 45.4 Å². The van der Waals surface area contributed by atoms with Crippen LogP contribution in [0.2, 0.25) is 0 Å². The van der Waals surface area contributed by atoms with Crippen LogP contribution in [0.25, 0.3) is 33.3 Å². The Balaban J connectivity index is 1.62. The van der Waals surface area contributed by atoms with Crippen LogP contribution < -0.4 is 10.5 Å². The lowest BCUT2D eigenvalue weighted by Gasteiger charge is -2.35. The van der Waals surface area contributed by atoms with E-state index in [2.05, 4.69) is 48.7 Å². The Hall–Kier alpha value is -3.39. The van der Waals surface area contributed by atoms with E-state index in [1.165, 1.54) is 0 Å². The lowest BCUT2D eigenvalue weighted by Crippen LogP contribution is -2.45. The molecule has 0 radical (unpaired) electrons. The SMILES string of the molecule is CC(C)N1c2nc(-c3c[nH]c4ccc(-c5cnn(CCO)c5)cc34)cc(=O)n2CC1(C)C. The molecule has 3 aromatic heterocycles. The third-order valence-electron chi connectivity index (χ3n) is 6.17. The Morgan fingerprint density at radius 2 is 2.03 bits per heavy atom. The van der Waals surface area contributed by atoms with Gasteiger partial charge in [0.1, 0.15) is 0 Å². The Morgan fingerprint density at radius 3 is 2.78 bits per heavy atom. The molecule has 1 aromatic carbocycles. The fourth-order valence-electron chi connectivity index (χ4n) is 4.88. The number of hydrogen-bond acceptors (Lipinski definition) is 5. The predicted octanol–water partition coefficient (Wildman–Crippen LogP) is 3.25. The zero-order valence-electron chi connectivity index (χ0n) is 18.8. The van der Waals surface area contributed by atoms with E-state index in [9.17, 15) is 4.79 Å². The van der Waals surface area contributed by atoms with Gasteiger partial charge in [0.25, 0.3) is 5.56 Å². The smallest absolute Gasteiger partial charge is 0.255 e. The minimum atomic E-state index is -0.173. The van der Waals surface area contributed by atoms with Crippen molar-refractivity contribution in [3.8, 4) is 22.4 Å². The summed E-state index contributed by atoms with van der Waals surface area (Å²) >= 11 is 0. The maximum atomic E-state index is 13.0. The van der Waals surface area contributed by atoms with Crippen LogP contribution in [0.4, 0.5) is 5.95 Å². The highest BCUT2D eigenvalue weighted by molar-refractivity contribution is 5.97. The normalized spacial score (nSPS) is 15.1. The molecule has 8 heteroatoms. The molecule has 8 nitrogen and oxygen atoms in total. The van der Waals surface area contributed by atoms with Gasteiger partial charge >= 0.3 is 0 Å². The van der Waals surface area contributed by atoms with E-state index in [0.29, 0.717) is 18.8 Å². The second-order valence-corrected chi connectivity index (χ2v) is 9.32. The molecule has 0 atom stereocenters. The largest absolute Gasteiger partial charge is 0.394 e. The molecule has 0 aliphatic carbocycles. The first-order valence-corrected chi connectivity index (χ1v) is 10.9. The van der Waals surface area contributed by atoms with Gasteiger partial charge in [-0.15, -0.1) is 0 Å². The zero-order valence-corrected chi connectivity index (χ0v) is 18.8. The maximum absolute atomic E-state index is 13.0. The quantitative estimate of drug-likeness (QED) is 0.505. The van der Waals surface area contributed by atoms with Crippen molar-refractivity contribution in [3.63, 3.8) is 0 Å². The average Bonchev–Trinajstić information content (AvgIpc) is 3.42. The molecule has 0 spiro atoms. The number of anilines is 1. The van der Waals surface area contributed by atoms with Crippen LogP contribution in [0.15, 0.2) is 47.7 Å². The van der Waals surface area contributed by atoms with Crippen molar-refractivity contribution in [2.24, 2.45) is 0 Å². The Bertz CT molecular complexity index is 1360. The number of fused-ring (bicyclic) bond motifs is 2. The van der Waals surface area contributed by atoms with Gasteiger partial charge < -0.3 is 15.0 Å². The van der Waals surface area contributed by atoms with Gasteiger partial charge in [-0.3, -0.25) is 14.0 Å². The molecule has 0 bridgehead atoms. The first kappa shape index (κ1) is 20.5. The van der Waals surface area contributed by atoms with Crippen molar-refractivity contribution in [2.75, 3.05) is 11.5 Å². The molecule has 166 valence electrons. The van der Waals surface area contributed by atoms with Gasteiger partial charge in [-0.25, -0.2) is 4.98 Å². The highest BCUT2D eigenvalue weighted by Crippen LogP contribution is 2.36. The minimum absolute atomic E-state index is 0.0305. The molecular weight excluding hydrogens is 404 g/mol. The summed E-state index contributed by atoms with van der Waals surface area (Å²) in [6.45, 7) is 9.69. The summed E-state index contributed by atoms with van der Waals surface area (Å²) < 4.78 is 3.50. The first-order valence-electron chi connectivity index (χ1n) is 10.9. The highest BCUT2D eigenvalue weighted by Gasteiger charge is 2.39. The van der Waals surface area contributed by atoms with Crippen molar-refractivity contribution in [2.45, 2.75) is 52.4 Å². The van der Waals surface area contributed by atoms with Crippen LogP contribution in [-0.2, 0) is 13.1 Å². The Morgan fingerprint density at radius 1 is 1.22 bits per heavy atom. The van der Waals surface area contributed by atoms with E-state index in [1.54, 1.807) is 21.5 Å². The van der Waals surface area contributed by atoms with Crippen LogP contribution in [0, 0.1) is 0 Å². The topological polar surface area (TPSA) is 92.0 Å². The molecule has 1 aliphatic heterocycles. The van der Waals surface area contributed by atoms with E-state index in [0.717, 1.165) is 33.5 Å². The number of rotatable bonds is 5. The summed E-state index contributed by atoms with van der Waals surface area (Å²) in [4.78, 5) is 23.5. The third-order valence-corrected chi connectivity index (χ3v) is 6.17. The number of aromatic amines is 1. The average molecular weight is 433 g/mol. The molecule has 4 heterocycles. The maximum Gasteiger partial charge on any atom is 0.255 e. The summed E-state index contributed by atoms with van der Waals surface area (Å²) in [7, 11) is 0. The Labute approximate surface area is 186 Å². The monoisotopic (exact) mass is 432 g/mol. The van der Waals surface area contributed by atoms with Gasteiger partial charge in [0.15, 0.2) is 0 Å². The summed E-state index contributed by atoms with van der Waals surface area (Å²) in [6, 6.07) is 8.03. The van der Waals surface area contributed by atoms with E-state index < -0.39 is 0 Å². The van der Waals surface area contributed by atoms with Gasteiger partial charge in [-0.1, -0.05) is 6.07 Å². The van der Waals surface area contributed by atoms with E-state index in [1.807, 2.05) is 24.5 Å². The number of benzene rings is 1. The summed E-state index contributed by atoms with van der Waals surface area (Å²) in [6.07, 6.45) is 5.64. The van der Waals surface area contributed by atoms with E-state index >= 15 is 0 Å². The number of aromatic nitrogens is 5. The second-order valence-electron chi connectivity index (χ2n) is 9.32. The van der Waals surface area contributed by atoms with Gasteiger partial charge in [0.2, 0.25) is 5.95 Å². The van der Waals surface area contributed by atoms with Crippen LogP contribution >= 0.6 is 0 Å². The molecular formula is C24H28N6O2. The molecule has 0 unspecified atom stereocenters. The molecule has 0 fully saturated rings. The molecule has 0 saturated heterocycles.